The fourth-order valence-corrected chi connectivity index (χ4v) is 2.73. The van der Waals surface area contributed by atoms with Crippen LogP contribution in [0, 0.1) is 11.3 Å². The van der Waals surface area contributed by atoms with Gasteiger partial charge in [0.05, 0.1) is 16.3 Å². The van der Waals surface area contributed by atoms with E-state index in [-0.39, 0.29) is 6.79 Å². The van der Waals surface area contributed by atoms with Crippen molar-refractivity contribution in [3.8, 4) is 17.6 Å². The number of benzene rings is 2. The molecule has 0 aromatic heterocycles. The fourth-order valence-electron chi connectivity index (χ4n) is 2.08. The van der Waals surface area contributed by atoms with Gasteiger partial charge in [0.1, 0.15) is 6.07 Å². The molecule has 1 aliphatic heterocycles. The van der Waals surface area contributed by atoms with Crippen LogP contribution in [0.25, 0.3) is 0 Å². The van der Waals surface area contributed by atoms with Crippen molar-refractivity contribution in [3.05, 3.63) is 51.0 Å². The van der Waals surface area contributed by atoms with Crippen LogP contribution in [0.1, 0.15) is 11.1 Å². The number of nitriles is 1. The fraction of sp³-hybridized carbons (Fsp3) is 0.133. The molecule has 0 atom stereocenters. The Morgan fingerprint density at radius 2 is 2.14 bits per heavy atom. The summed E-state index contributed by atoms with van der Waals surface area (Å²) in [5.74, 6) is 1.23. The van der Waals surface area contributed by atoms with Crippen molar-refractivity contribution < 1.29 is 9.47 Å². The van der Waals surface area contributed by atoms with Crippen LogP contribution < -0.4 is 14.8 Å². The van der Waals surface area contributed by atoms with E-state index in [9.17, 15) is 0 Å². The highest BCUT2D eigenvalue weighted by molar-refractivity contribution is 9.10. The molecule has 0 aliphatic carbocycles. The number of hydrogen-bond acceptors (Lipinski definition) is 4. The zero-order chi connectivity index (χ0) is 14.8. The third kappa shape index (κ3) is 2.92. The van der Waals surface area contributed by atoms with Crippen LogP contribution in [-0.4, -0.2) is 6.79 Å². The first-order chi connectivity index (χ1) is 10.2. The summed E-state index contributed by atoms with van der Waals surface area (Å²) < 4.78 is 11.5. The molecule has 4 nitrogen and oxygen atoms in total. The standard InChI is InChI=1S/C15H10BrClN2O2/c16-11-2-1-10(6-18)13(5-11)19-7-9-3-12(17)15-14(4-9)20-8-21-15/h1-5,19H,7-8H2. The molecule has 0 bridgehead atoms. The van der Waals surface area contributed by atoms with E-state index < -0.39 is 0 Å². The van der Waals surface area contributed by atoms with Gasteiger partial charge in [0.15, 0.2) is 11.5 Å². The van der Waals surface area contributed by atoms with Crippen LogP contribution in [0.15, 0.2) is 34.8 Å². The van der Waals surface area contributed by atoms with Gasteiger partial charge in [-0.25, -0.2) is 0 Å². The lowest BCUT2D eigenvalue weighted by Crippen LogP contribution is -2.01. The molecule has 0 saturated heterocycles. The van der Waals surface area contributed by atoms with E-state index in [0.717, 1.165) is 15.7 Å². The van der Waals surface area contributed by atoms with Crippen molar-refractivity contribution in [2.75, 3.05) is 12.1 Å². The SMILES string of the molecule is N#Cc1ccc(Br)cc1NCc1cc(Cl)c2c(c1)OCO2. The number of anilines is 1. The van der Waals surface area contributed by atoms with Crippen molar-refractivity contribution in [3.63, 3.8) is 0 Å². The lowest BCUT2D eigenvalue weighted by Gasteiger charge is -2.10. The first kappa shape index (κ1) is 14.1. The van der Waals surface area contributed by atoms with E-state index in [2.05, 4.69) is 27.3 Å². The second-order valence-corrected chi connectivity index (χ2v) is 5.79. The van der Waals surface area contributed by atoms with Gasteiger partial charge in [-0.3, -0.25) is 0 Å². The van der Waals surface area contributed by atoms with Crippen LogP contribution in [0.5, 0.6) is 11.5 Å². The maximum Gasteiger partial charge on any atom is 0.231 e. The van der Waals surface area contributed by atoms with Crippen LogP contribution in [0.3, 0.4) is 0 Å². The minimum Gasteiger partial charge on any atom is -0.454 e. The molecule has 0 radical (unpaired) electrons. The van der Waals surface area contributed by atoms with Gasteiger partial charge in [-0.1, -0.05) is 27.5 Å². The Labute approximate surface area is 135 Å². The molecule has 0 unspecified atom stereocenters. The minimum absolute atomic E-state index is 0.191. The Bertz CT molecular complexity index is 743. The molecule has 1 aliphatic rings. The van der Waals surface area contributed by atoms with Gasteiger partial charge in [0.2, 0.25) is 6.79 Å². The van der Waals surface area contributed by atoms with Crippen LogP contribution in [0.2, 0.25) is 5.02 Å². The average molecular weight is 366 g/mol. The summed E-state index contributed by atoms with van der Waals surface area (Å²) in [5.41, 5.74) is 2.30. The largest absolute Gasteiger partial charge is 0.454 e. The van der Waals surface area contributed by atoms with E-state index in [1.165, 1.54) is 0 Å². The molecule has 1 heterocycles. The second-order valence-electron chi connectivity index (χ2n) is 4.47. The predicted molar refractivity (Wildman–Crippen MR) is 83.8 cm³/mol. The van der Waals surface area contributed by atoms with E-state index in [1.807, 2.05) is 24.3 Å². The topological polar surface area (TPSA) is 54.3 Å². The number of nitrogens with zero attached hydrogens (tertiary/aromatic N) is 1. The van der Waals surface area contributed by atoms with Gasteiger partial charge in [0.25, 0.3) is 0 Å². The molecule has 2 aromatic rings. The van der Waals surface area contributed by atoms with E-state index in [0.29, 0.717) is 28.6 Å². The van der Waals surface area contributed by atoms with Crippen molar-refractivity contribution >= 4 is 33.2 Å². The first-order valence-corrected chi connectivity index (χ1v) is 7.36. The lowest BCUT2D eigenvalue weighted by molar-refractivity contribution is 0.174. The molecule has 6 heteroatoms. The number of ether oxygens (including phenoxy) is 2. The van der Waals surface area contributed by atoms with Gasteiger partial charge < -0.3 is 14.8 Å². The highest BCUT2D eigenvalue weighted by Crippen LogP contribution is 2.40. The zero-order valence-electron chi connectivity index (χ0n) is 10.8. The summed E-state index contributed by atoms with van der Waals surface area (Å²) in [4.78, 5) is 0. The van der Waals surface area contributed by atoms with Gasteiger partial charge in [-0.2, -0.15) is 5.26 Å². The molecule has 0 fully saturated rings. The number of halogens is 2. The monoisotopic (exact) mass is 364 g/mol. The average Bonchev–Trinajstić information content (AvgIpc) is 2.94. The van der Waals surface area contributed by atoms with Crippen LogP contribution >= 0.6 is 27.5 Å². The van der Waals surface area contributed by atoms with Gasteiger partial charge in [-0.15, -0.1) is 0 Å². The highest BCUT2D eigenvalue weighted by atomic mass is 79.9. The zero-order valence-corrected chi connectivity index (χ0v) is 13.2. The molecule has 2 aromatic carbocycles. The molecule has 1 N–H and O–H groups in total. The first-order valence-electron chi connectivity index (χ1n) is 6.19. The Kier molecular flexibility index (Phi) is 3.91. The van der Waals surface area contributed by atoms with E-state index in [1.54, 1.807) is 6.07 Å². The Morgan fingerprint density at radius 3 is 2.95 bits per heavy atom. The highest BCUT2D eigenvalue weighted by Gasteiger charge is 2.18. The third-order valence-corrected chi connectivity index (χ3v) is 3.85. The molecule has 3 rings (SSSR count). The summed E-state index contributed by atoms with van der Waals surface area (Å²) in [5, 5.41) is 12.9. The molecule has 21 heavy (non-hydrogen) atoms. The Hall–Kier alpha value is -1.90. The molecule has 0 amide bonds. The molecule has 0 saturated carbocycles. The predicted octanol–water partition coefficient (Wildman–Crippen LogP) is 4.31. The summed E-state index contributed by atoms with van der Waals surface area (Å²) in [6, 6.07) is 11.3. The smallest absolute Gasteiger partial charge is 0.231 e. The minimum atomic E-state index is 0.191. The summed E-state index contributed by atoms with van der Waals surface area (Å²) in [6.07, 6.45) is 0. The summed E-state index contributed by atoms with van der Waals surface area (Å²) in [7, 11) is 0. The second kappa shape index (κ2) is 5.84. The summed E-state index contributed by atoms with van der Waals surface area (Å²) in [6.45, 7) is 0.720. The normalized spacial score (nSPS) is 12.0. The number of nitrogens with one attached hydrogen (secondary N) is 1. The molecular weight excluding hydrogens is 356 g/mol. The van der Waals surface area contributed by atoms with Gasteiger partial charge in [-0.05, 0) is 35.9 Å². The van der Waals surface area contributed by atoms with Crippen molar-refractivity contribution in [2.24, 2.45) is 0 Å². The van der Waals surface area contributed by atoms with Gasteiger partial charge >= 0.3 is 0 Å². The third-order valence-electron chi connectivity index (χ3n) is 3.07. The maximum absolute atomic E-state index is 9.11. The Morgan fingerprint density at radius 1 is 1.29 bits per heavy atom. The van der Waals surface area contributed by atoms with Crippen molar-refractivity contribution in [2.45, 2.75) is 6.54 Å². The van der Waals surface area contributed by atoms with E-state index >= 15 is 0 Å². The molecule has 106 valence electrons. The van der Waals surface area contributed by atoms with Gasteiger partial charge in [0, 0.05) is 11.0 Å². The van der Waals surface area contributed by atoms with Crippen LogP contribution in [-0.2, 0) is 6.54 Å². The van der Waals surface area contributed by atoms with E-state index in [4.69, 9.17) is 26.3 Å². The molecular formula is C15H10BrClN2O2. The van der Waals surface area contributed by atoms with Crippen molar-refractivity contribution in [1.82, 2.24) is 0 Å². The maximum atomic E-state index is 9.11. The number of fused-ring (bicyclic) bond motifs is 1. The van der Waals surface area contributed by atoms with Crippen molar-refractivity contribution in [1.29, 1.82) is 5.26 Å². The Balaban J connectivity index is 1.81. The lowest BCUT2D eigenvalue weighted by atomic mass is 10.1. The number of rotatable bonds is 3. The quantitative estimate of drug-likeness (QED) is 0.880. The summed E-state index contributed by atoms with van der Waals surface area (Å²) >= 11 is 9.54. The number of hydrogen-bond donors (Lipinski definition) is 1. The molecule has 0 spiro atoms. The van der Waals surface area contributed by atoms with Crippen LogP contribution in [0.4, 0.5) is 5.69 Å².